The second-order valence-electron chi connectivity index (χ2n) is 5.05. The first kappa shape index (κ1) is 16.2. The number of nitro groups is 1. The average Bonchev–Trinajstić information content (AvgIpc) is 2.48. The highest BCUT2D eigenvalue weighted by Crippen LogP contribution is 2.23. The van der Waals surface area contributed by atoms with E-state index in [9.17, 15) is 10.1 Å². The Balaban J connectivity index is 1.87. The van der Waals surface area contributed by atoms with Crippen molar-refractivity contribution in [3.8, 4) is 0 Å². The molecule has 1 fully saturated rings. The van der Waals surface area contributed by atoms with Crippen LogP contribution in [0.1, 0.15) is 12.5 Å². The van der Waals surface area contributed by atoms with E-state index in [4.69, 9.17) is 16.3 Å². The normalized spacial score (nSPS) is 19.6. The molecule has 1 heterocycles. The molecular weight excluding hydrogens is 294 g/mol. The molecule has 0 spiro atoms. The van der Waals surface area contributed by atoms with Gasteiger partial charge >= 0.3 is 0 Å². The third-order valence-corrected chi connectivity index (χ3v) is 3.84. The molecule has 0 radical (unpaired) electrons. The van der Waals surface area contributed by atoms with Crippen molar-refractivity contribution in [3.63, 3.8) is 0 Å². The minimum absolute atomic E-state index is 0.0507. The maximum Gasteiger partial charge on any atom is 0.275 e. The van der Waals surface area contributed by atoms with Crippen molar-refractivity contribution in [1.82, 2.24) is 10.2 Å². The van der Waals surface area contributed by atoms with E-state index in [2.05, 4.69) is 17.1 Å². The molecule has 2 rings (SSSR count). The first-order valence-corrected chi connectivity index (χ1v) is 7.45. The maximum atomic E-state index is 11.0. The quantitative estimate of drug-likeness (QED) is 0.643. The Labute approximate surface area is 129 Å². The maximum absolute atomic E-state index is 11.0. The number of hydrogen-bond acceptors (Lipinski definition) is 5. The number of nitrogens with one attached hydrogen (secondary N) is 1. The smallest absolute Gasteiger partial charge is 0.275 e. The number of halogens is 1. The summed E-state index contributed by atoms with van der Waals surface area (Å²) < 4.78 is 5.69. The molecule has 1 aliphatic heterocycles. The Bertz CT molecular complexity index is 498. The fraction of sp³-hybridized carbons (Fsp3) is 0.571. The summed E-state index contributed by atoms with van der Waals surface area (Å²) in [5.74, 6) is 0. The van der Waals surface area contributed by atoms with Crippen LogP contribution in [0.15, 0.2) is 18.2 Å². The summed E-state index contributed by atoms with van der Waals surface area (Å²) in [6.45, 7) is 6.86. The van der Waals surface area contributed by atoms with Crippen molar-refractivity contribution in [1.29, 1.82) is 0 Å². The summed E-state index contributed by atoms with van der Waals surface area (Å²) in [6, 6.07) is 4.74. The summed E-state index contributed by atoms with van der Waals surface area (Å²) >= 11 is 5.80. The molecule has 1 atom stereocenters. The Hall–Kier alpha value is -1.21. The summed E-state index contributed by atoms with van der Waals surface area (Å²) in [5, 5.41) is 14.6. The molecule has 0 saturated carbocycles. The molecule has 21 heavy (non-hydrogen) atoms. The number of nitrogens with zero attached hydrogens (tertiary/aromatic N) is 2. The second kappa shape index (κ2) is 7.70. The lowest BCUT2D eigenvalue weighted by molar-refractivity contribution is -0.385. The lowest BCUT2D eigenvalue weighted by Gasteiger charge is -2.32. The van der Waals surface area contributed by atoms with E-state index < -0.39 is 4.92 Å². The van der Waals surface area contributed by atoms with Gasteiger partial charge in [0.2, 0.25) is 0 Å². The van der Waals surface area contributed by atoms with Gasteiger partial charge in [0.1, 0.15) is 0 Å². The fourth-order valence-corrected chi connectivity index (χ4v) is 2.58. The van der Waals surface area contributed by atoms with Gasteiger partial charge in [0.15, 0.2) is 0 Å². The van der Waals surface area contributed by atoms with Gasteiger partial charge in [0.05, 0.1) is 17.6 Å². The number of nitro benzene ring substituents is 1. The molecule has 1 aromatic rings. The summed E-state index contributed by atoms with van der Waals surface area (Å²) in [6.07, 6.45) is 0.130. The number of ether oxygens (including phenoxy) is 1. The highest BCUT2D eigenvalue weighted by Gasteiger charge is 2.19. The molecule has 1 aromatic carbocycles. The molecule has 0 aromatic heterocycles. The zero-order valence-electron chi connectivity index (χ0n) is 12.0. The van der Waals surface area contributed by atoms with Crippen molar-refractivity contribution in [2.75, 3.05) is 32.8 Å². The van der Waals surface area contributed by atoms with Crippen LogP contribution in [0.2, 0.25) is 5.02 Å². The third kappa shape index (κ3) is 4.64. The molecule has 0 bridgehead atoms. The lowest BCUT2D eigenvalue weighted by atomic mass is 10.1. The molecule has 0 aliphatic carbocycles. The molecule has 1 unspecified atom stereocenters. The molecule has 0 amide bonds. The lowest BCUT2D eigenvalue weighted by Crippen LogP contribution is -2.46. The average molecular weight is 314 g/mol. The van der Waals surface area contributed by atoms with Gasteiger partial charge in [-0.1, -0.05) is 18.5 Å². The van der Waals surface area contributed by atoms with E-state index in [1.807, 2.05) is 0 Å². The Morgan fingerprint density at radius 1 is 1.57 bits per heavy atom. The zero-order valence-corrected chi connectivity index (χ0v) is 12.8. The SMILES string of the molecule is CCN1CCOC(CNCc2ccc(Cl)cc2[N+](=O)[O-])C1. The predicted molar refractivity (Wildman–Crippen MR) is 81.7 cm³/mol. The van der Waals surface area contributed by atoms with Gasteiger partial charge < -0.3 is 10.1 Å². The summed E-state index contributed by atoms with van der Waals surface area (Å²) in [4.78, 5) is 12.9. The molecule has 1 N–H and O–H groups in total. The van der Waals surface area contributed by atoms with Crippen molar-refractivity contribution >= 4 is 17.3 Å². The zero-order chi connectivity index (χ0) is 15.2. The van der Waals surface area contributed by atoms with Gasteiger partial charge in [-0.05, 0) is 18.7 Å². The van der Waals surface area contributed by atoms with Gasteiger partial charge in [-0.15, -0.1) is 0 Å². The van der Waals surface area contributed by atoms with Gasteiger partial charge in [-0.2, -0.15) is 0 Å². The standard InChI is InChI=1S/C14H20ClN3O3/c1-2-17-5-6-21-13(10-17)9-16-8-11-3-4-12(15)7-14(11)18(19)20/h3-4,7,13,16H,2,5-6,8-10H2,1H3. The van der Waals surface area contributed by atoms with Crippen LogP contribution in [0.5, 0.6) is 0 Å². The van der Waals surface area contributed by atoms with Crippen molar-refractivity contribution < 1.29 is 9.66 Å². The van der Waals surface area contributed by atoms with Crippen molar-refractivity contribution in [3.05, 3.63) is 38.9 Å². The van der Waals surface area contributed by atoms with E-state index in [1.54, 1.807) is 12.1 Å². The molecular formula is C14H20ClN3O3. The van der Waals surface area contributed by atoms with Crippen LogP contribution in [-0.2, 0) is 11.3 Å². The molecule has 1 saturated heterocycles. The van der Waals surface area contributed by atoms with Crippen LogP contribution in [0, 0.1) is 10.1 Å². The summed E-state index contributed by atoms with van der Waals surface area (Å²) in [7, 11) is 0. The van der Waals surface area contributed by atoms with E-state index in [0.717, 1.165) is 26.2 Å². The van der Waals surface area contributed by atoms with E-state index in [1.165, 1.54) is 6.07 Å². The molecule has 7 heteroatoms. The van der Waals surface area contributed by atoms with Crippen LogP contribution in [-0.4, -0.2) is 48.7 Å². The van der Waals surface area contributed by atoms with Crippen LogP contribution in [0.25, 0.3) is 0 Å². The van der Waals surface area contributed by atoms with Crippen LogP contribution < -0.4 is 5.32 Å². The number of hydrogen-bond donors (Lipinski definition) is 1. The van der Waals surface area contributed by atoms with Crippen LogP contribution in [0.4, 0.5) is 5.69 Å². The second-order valence-corrected chi connectivity index (χ2v) is 5.48. The first-order chi connectivity index (χ1) is 10.1. The highest BCUT2D eigenvalue weighted by atomic mass is 35.5. The minimum Gasteiger partial charge on any atom is -0.374 e. The molecule has 1 aliphatic rings. The largest absolute Gasteiger partial charge is 0.374 e. The van der Waals surface area contributed by atoms with Gasteiger partial charge in [-0.25, -0.2) is 0 Å². The third-order valence-electron chi connectivity index (χ3n) is 3.60. The molecule has 6 nitrogen and oxygen atoms in total. The van der Waals surface area contributed by atoms with E-state index in [-0.39, 0.29) is 11.8 Å². The van der Waals surface area contributed by atoms with Gasteiger partial charge in [0.25, 0.3) is 5.69 Å². The number of benzene rings is 1. The highest BCUT2D eigenvalue weighted by molar-refractivity contribution is 6.30. The number of rotatable bonds is 6. The van der Waals surface area contributed by atoms with Crippen molar-refractivity contribution in [2.24, 2.45) is 0 Å². The number of likely N-dealkylation sites (N-methyl/N-ethyl adjacent to an activating group) is 1. The van der Waals surface area contributed by atoms with E-state index >= 15 is 0 Å². The van der Waals surface area contributed by atoms with E-state index in [0.29, 0.717) is 23.7 Å². The number of morpholine rings is 1. The van der Waals surface area contributed by atoms with Crippen LogP contribution >= 0.6 is 11.6 Å². The predicted octanol–water partition coefficient (Wildman–Crippen LogP) is 2.06. The minimum atomic E-state index is -0.404. The Morgan fingerprint density at radius 2 is 2.38 bits per heavy atom. The molecule has 116 valence electrons. The first-order valence-electron chi connectivity index (χ1n) is 7.07. The monoisotopic (exact) mass is 313 g/mol. The van der Waals surface area contributed by atoms with Gasteiger partial charge in [0, 0.05) is 42.8 Å². The summed E-state index contributed by atoms with van der Waals surface area (Å²) in [5.41, 5.74) is 0.683. The van der Waals surface area contributed by atoms with Gasteiger partial charge in [-0.3, -0.25) is 15.0 Å². The fourth-order valence-electron chi connectivity index (χ4n) is 2.42. The van der Waals surface area contributed by atoms with Crippen molar-refractivity contribution in [2.45, 2.75) is 19.6 Å². The topological polar surface area (TPSA) is 67.6 Å². The Morgan fingerprint density at radius 3 is 3.10 bits per heavy atom. The van der Waals surface area contributed by atoms with Crippen LogP contribution in [0.3, 0.4) is 0 Å². The Kier molecular flexibility index (Phi) is 5.93.